The summed E-state index contributed by atoms with van der Waals surface area (Å²) in [5.74, 6) is 0.206. The van der Waals surface area contributed by atoms with Crippen LogP contribution in [-0.4, -0.2) is 54.6 Å². The highest BCUT2D eigenvalue weighted by Gasteiger charge is 2.06. The number of guanidine groups is 1. The lowest BCUT2D eigenvalue weighted by Gasteiger charge is -2.23. The van der Waals surface area contributed by atoms with Crippen molar-refractivity contribution in [2.24, 2.45) is 16.5 Å². The molecule has 1 heterocycles. The van der Waals surface area contributed by atoms with Crippen LogP contribution in [0.1, 0.15) is 32.1 Å². The Morgan fingerprint density at radius 1 is 1.05 bits per heavy atom. The van der Waals surface area contributed by atoms with Crippen LogP contribution < -0.4 is 11.5 Å². The van der Waals surface area contributed by atoms with E-state index in [0.717, 1.165) is 13.1 Å². The zero-order valence-electron chi connectivity index (χ0n) is 11.0. The van der Waals surface area contributed by atoms with Gasteiger partial charge in [0.25, 0.3) is 0 Å². The highest BCUT2D eigenvalue weighted by atomic mass is 32.3. The summed E-state index contributed by atoms with van der Waals surface area (Å²) in [6.07, 6.45) is 6.79. The van der Waals surface area contributed by atoms with Gasteiger partial charge in [0.2, 0.25) is 0 Å². The highest BCUT2D eigenvalue weighted by Crippen LogP contribution is 2.09. The summed E-state index contributed by atoms with van der Waals surface area (Å²) >= 11 is 0. The Kier molecular flexibility index (Phi) is 9.48. The van der Waals surface area contributed by atoms with Crippen LogP contribution in [0.15, 0.2) is 4.99 Å². The van der Waals surface area contributed by atoms with E-state index in [4.69, 9.17) is 29.0 Å². The Bertz CT molecular complexity index is 339. The maximum atomic E-state index is 8.74. The lowest BCUT2D eigenvalue weighted by molar-refractivity contribution is 0.254. The first-order chi connectivity index (χ1) is 8.79. The Hall–Kier alpha value is -0.900. The summed E-state index contributed by atoms with van der Waals surface area (Å²) in [5, 5.41) is 0. The number of likely N-dealkylation sites (tertiary alicyclic amines) is 1. The molecule has 1 fully saturated rings. The molecule has 0 saturated carbocycles. The Labute approximate surface area is 114 Å². The Balaban J connectivity index is 0.000000555. The maximum absolute atomic E-state index is 8.74. The SMILES string of the molecule is NC(N)=NCCN1CCCCCCC1.O=S(=O)(O)O. The minimum atomic E-state index is -4.67. The van der Waals surface area contributed by atoms with Gasteiger partial charge in [-0.2, -0.15) is 8.42 Å². The van der Waals surface area contributed by atoms with Crippen molar-refractivity contribution in [1.82, 2.24) is 4.90 Å². The van der Waals surface area contributed by atoms with Gasteiger partial charge in [-0.3, -0.25) is 14.1 Å². The van der Waals surface area contributed by atoms with Crippen LogP contribution in [0, 0.1) is 0 Å². The number of nitrogens with two attached hydrogens (primary N) is 2. The fourth-order valence-electron chi connectivity index (χ4n) is 1.86. The summed E-state index contributed by atoms with van der Waals surface area (Å²) in [4.78, 5) is 6.47. The van der Waals surface area contributed by atoms with Crippen molar-refractivity contribution >= 4 is 16.4 Å². The largest absolute Gasteiger partial charge is 0.394 e. The third kappa shape index (κ3) is 17.1. The second-order valence-corrected chi connectivity index (χ2v) is 5.26. The predicted molar refractivity (Wildman–Crippen MR) is 74.4 cm³/mol. The lowest BCUT2D eigenvalue weighted by Crippen LogP contribution is -2.31. The molecule has 0 unspecified atom stereocenters. The minimum Gasteiger partial charge on any atom is -0.370 e. The quantitative estimate of drug-likeness (QED) is 0.323. The molecule has 9 heteroatoms. The number of aliphatic imine (C=N–C) groups is 1. The first-order valence-corrected chi connectivity index (χ1v) is 7.66. The second kappa shape index (κ2) is 9.96. The van der Waals surface area contributed by atoms with E-state index in [1.165, 1.54) is 45.2 Å². The van der Waals surface area contributed by atoms with Gasteiger partial charge in [0.15, 0.2) is 5.96 Å². The van der Waals surface area contributed by atoms with Gasteiger partial charge in [-0.25, -0.2) is 0 Å². The molecule has 8 nitrogen and oxygen atoms in total. The third-order valence-electron chi connectivity index (χ3n) is 2.66. The first kappa shape index (κ1) is 18.1. The topological polar surface area (TPSA) is 142 Å². The Morgan fingerprint density at radius 2 is 1.47 bits per heavy atom. The van der Waals surface area contributed by atoms with Crippen molar-refractivity contribution in [3.05, 3.63) is 0 Å². The van der Waals surface area contributed by atoms with Gasteiger partial charge in [0, 0.05) is 6.54 Å². The van der Waals surface area contributed by atoms with E-state index in [1.807, 2.05) is 0 Å². The standard InChI is InChI=1S/C10H22N4.H2O4S/c11-10(12)13-6-9-14-7-4-2-1-3-5-8-14;1-5(2,3)4/h1-9H2,(H4,11,12,13);(H2,1,2,3,4). The zero-order valence-corrected chi connectivity index (χ0v) is 11.8. The molecule has 0 spiro atoms. The van der Waals surface area contributed by atoms with Gasteiger partial charge in [0.05, 0.1) is 6.54 Å². The van der Waals surface area contributed by atoms with Gasteiger partial charge in [-0.1, -0.05) is 19.3 Å². The van der Waals surface area contributed by atoms with E-state index in [1.54, 1.807) is 0 Å². The molecule has 1 aliphatic heterocycles. The monoisotopic (exact) mass is 296 g/mol. The van der Waals surface area contributed by atoms with Gasteiger partial charge in [-0.05, 0) is 25.9 Å². The second-order valence-electron chi connectivity index (χ2n) is 4.36. The van der Waals surface area contributed by atoms with E-state index >= 15 is 0 Å². The smallest absolute Gasteiger partial charge is 0.370 e. The molecular weight excluding hydrogens is 272 g/mol. The molecule has 114 valence electrons. The summed E-state index contributed by atoms with van der Waals surface area (Å²) in [5.41, 5.74) is 10.5. The molecule has 1 saturated heterocycles. The van der Waals surface area contributed by atoms with Crippen LogP contribution in [-0.2, 0) is 10.4 Å². The molecule has 0 radical (unpaired) electrons. The van der Waals surface area contributed by atoms with E-state index in [9.17, 15) is 0 Å². The van der Waals surface area contributed by atoms with Crippen LogP contribution in [0.2, 0.25) is 0 Å². The summed E-state index contributed by atoms with van der Waals surface area (Å²) in [6.45, 7) is 4.15. The predicted octanol–water partition coefficient (Wildman–Crippen LogP) is -0.127. The summed E-state index contributed by atoms with van der Waals surface area (Å²) in [7, 11) is -4.67. The Morgan fingerprint density at radius 3 is 1.89 bits per heavy atom. The molecule has 0 bridgehead atoms. The van der Waals surface area contributed by atoms with Crippen molar-refractivity contribution < 1.29 is 17.5 Å². The van der Waals surface area contributed by atoms with Crippen LogP contribution in [0.5, 0.6) is 0 Å². The number of hydrogen-bond donors (Lipinski definition) is 4. The maximum Gasteiger partial charge on any atom is 0.394 e. The van der Waals surface area contributed by atoms with E-state index < -0.39 is 10.4 Å². The van der Waals surface area contributed by atoms with E-state index in [-0.39, 0.29) is 5.96 Å². The van der Waals surface area contributed by atoms with E-state index in [2.05, 4.69) is 9.89 Å². The van der Waals surface area contributed by atoms with Crippen LogP contribution >= 0.6 is 0 Å². The third-order valence-corrected chi connectivity index (χ3v) is 2.66. The number of nitrogens with zero attached hydrogens (tertiary/aromatic N) is 2. The molecular formula is C10H24N4O4S. The molecule has 19 heavy (non-hydrogen) atoms. The van der Waals surface area contributed by atoms with Crippen molar-refractivity contribution in [2.45, 2.75) is 32.1 Å². The molecule has 0 aromatic carbocycles. The normalized spacial score (nSPS) is 17.6. The molecule has 0 aliphatic carbocycles. The average Bonchev–Trinajstić information content (AvgIpc) is 2.17. The molecule has 0 aromatic heterocycles. The number of rotatable bonds is 3. The van der Waals surface area contributed by atoms with Crippen LogP contribution in [0.3, 0.4) is 0 Å². The molecule has 6 N–H and O–H groups in total. The van der Waals surface area contributed by atoms with Gasteiger partial charge < -0.3 is 16.4 Å². The lowest BCUT2D eigenvalue weighted by atomic mass is 10.1. The summed E-state index contributed by atoms with van der Waals surface area (Å²) in [6, 6.07) is 0. The summed E-state index contributed by atoms with van der Waals surface area (Å²) < 4.78 is 31.6. The van der Waals surface area contributed by atoms with Crippen LogP contribution in [0.4, 0.5) is 0 Å². The van der Waals surface area contributed by atoms with E-state index in [0.29, 0.717) is 0 Å². The van der Waals surface area contributed by atoms with Crippen molar-refractivity contribution in [1.29, 1.82) is 0 Å². The van der Waals surface area contributed by atoms with Crippen molar-refractivity contribution in [3.8, 4) is 0 Å². The highest BCUT2D eigenvalue weighted by molar-refractivity contribution is 7.79. The average molecular weight is 296 g/mol. The fraction of sp³-hybridized carbons (Fsp3) is 0.900. The molecule has 0 amide bonds. The van der Waals surface area contributed by atoms with Gasteiger partial charge >= 0.3 is 10.4 Å². The van der Waals surface area contributed by atoms with Gasteiger partial charge in [-0.15, -0.1) is 0 Å². The first-order valence-electron chi connectivity index (χ1n) is 6.26. The fourth-order valence-corrected chi connectivity index (χ4v) is 1.86. The molecule has 0 atom stereocenters. The number of hydrogen-bond acceptors (Lipinski definition) is 4. The van der Waals surface area contributed by atoms with Gasteiger partial charge in [0.1, 0.15) is 0 Å². The molecule has 1 rings (SSSR count). The zero-order chi connectivity index (χ0) is 14.7. The molecule has 0 aromatic rings. The molecule has 1 aliphatic rings. The van der Waals surface area contributed by atoms with Crippen LogP contribution in [0.25, 0.3) is 0 Å². The van der Waals surface area contributed by atoms with Crippen molar-refractivity contribution in [2.75, 3.05) is 26.2 Å². The minimum absolute atomic E-state index is 0.206. The van der Waals surface area contributed by atoms with Crippen molar-refractivity contribution in [3.63, 3.8) is 0 Å².